The molecule has 10 nitrogen and oxygen atoms in total. The van der Waals surface area contributed by atoms with Crippen molar-refractivity contribution in [3.05, 3.63) is 62.2 Å². The summed E-state index contributed by atoms with van der Waals surface area (Å²) < 4.78 is 10.3. The fourth-order valence-corrected chi connectivity index (χ4v) is 2.11. The molecule has 0 unspecified atom stereocenters. The largest absolute Gasteiger partial charge is 0.494 e. The standard InChI is InChI=1S/C16H15N3O7/c1-10-3-6-13(19(23)24)15(7-10)26-9-16(20)17-12-5-4-11(18(21)22)8-14(12)25-2/h3-8H,9H2,1-2H3,(H,17,20). The molecule has 136 valence electrons. The number of amides is 1. The van der Waals surface area contributed by atoms with Crippen LogP contribution in [0.15, 0.2) is 36.4 Å². The maximum atomic E-state index is 12.0. The van der Waals surface area contributed by atoms with Gasteiger partial charge in [0.05, 0.1) is 28.7 Å². The Labute approximate surface area is 147 Å². The Morgan fingerprint density at radius 1 is 1.08 bits per heavy atom. The highest BCUT2D eigenvalue weighted by atomic mass is 16.6. The smallest absolute Gasteiger partial charge is 0.310 e. The van der Waals surface area contributed by atoms with Gasteiger partial charge in [-0.25, -0.2) is 0 Å². The normalized spacial score (nSPS) is 10.1. The SMILES string of the molecule is COc1cc([N+](=O)[O-])ccc1NC(=O)COc1cc(C)ccc1[N+](=O)[O-]. The lowest BCUT2D eigenvalue weighted by atomic mass is 10.2. The minimum atomic E-state index is -0.605. The molecule has 26 heavy (non-hydrogen) atoms. The molecule has 0 heterocycles. The summed E-state index contributed by atoms with van der Waals surface area (Å²) in [7, 11) is 1.31. The monoisotopic (exact) mass is 361 g/mol. The second-order valence-electron chi connectivity index (χ2n) is 5.21. The van der Waals surface area contributed by atoms with Gasteiger partial charge in [0, 0.05) is 12.1 Å². The van der Waals surface area contributed by atoms with Crippen molar-refractivity contribution >= 4 is 23.0 Å². The van der Waals surface area contributed by atoms with Gasteiger partial charge >= 0.3 is 5.69 Å². The van der Waals surface area contributed by atoms with E-state index in [1.165, 1.54) is 37.4 Å². The van der Waals surface area contributed by atoms with E-state index >= 15 is 0 Å². The summed E-state index contributed by atoms with van der Waals surface area (Å²) in [6.45, 7) is 1.25. The number of non-ortho nitro benzene ring substituents is 1. The topological polar surface area (TPSA) is 134 Å². The molecule has 2 aromatic rings. The van der Waals surface area contributed by atoms with E-state index in [1.807, 2.05) is 0 Å². The summed E-state index contributed by atoms with van der Waals surface area (Å²) in [4.78, 5) is 32.6. The van der Waals surface area contributed by atoms with E-state index in [2.05, 4.69) is 5.32 Å². The Hall–Kier alpha value is -3.69. The molecule has 0 saturated carbocycles. The van der Waals surface area contributed by atoms with Crippen LogP contribution in [0.1, 0.15) is 5.56 Å². The fraction of sp³-hybridized carbons (Fsp3) is 0.188. The summed E-state index contributed by atoms with van der Waals surface area (Å²) in [6, 6.07) is 8.02. The van der Waals surface area contributed by atoms with Crippen LogP contribution in [0.25, 0.3) is 0 Å². The predicted octanol–water partition coefficient (Wildman–Crippen LogP) is 2.84. The quantitative estimate of drug-likeness (QED) is 0.592. The maximum Gasteiger partial charge on any atom is 0.310 e. The second-order valence-corrected chi connectivity index (χ2v) is 5.21. The summed E-state index contributed by atoms with van der Waals surface area (Å²) >= 11 is 0. The first-order valence-corrected chi connectivity index (χ1v) is 7.32. The van der Waals surface area contributed by atoms with Crippen molar-refractivity contribution in [2.45, 2.75) is 6.92 Å². The molecule has 0 atom stereocenters. The molecule has 0 aliphatic rings. The summed E-state index contributed by atoms with van der Waals surface area (Å²) in [5.41, 5.74) is 0.510. The zero-order valence-corrected chi connectivity index (χ0v) is 13.9. The third-order valence-electron chi connectivity index (χ3n) is 3.34. The van der Waals surface area contributed by atoms with Crippen molar-refractivity contribution in [2.24, 2.45) is 0 Å². The van der Waals surface area contributed by atoms with E-state index in [-0.39, 0.29) is 28.6 Å². The van der Waals surface area contributed by atoms with Gasteiger partial charge in [0.2, 0.25) is 0 Å². The number of ether oxygens (including phenoxy) is 2. The van der Waals surface area contributed by atoms with Gasteiger partial charge in [-0.2, -0.15) is 0 Å². The zero-order chi connectivity index (χ0) is 19.3. The number of methoxy groups -OCH3 is 1. The molecule has 0 aromatic heterocycles. The average Bonchev–Trinajstić information content (AvgIpc) is 2.59. The Kier molecular flexibility index (Phi) is 5.68. The van der Waals surface area contributed by atoms with E-state index in [4.69, 9.17) is 9.47 Å². The number of rotatable bonds is 7. The van der Waals surface area contributed by atoms with Crippen molar-refractivity contribution in [2.75, 3.05) is 19.0 Å². The summed E-state index contributed by atoms with van der Waals surface area (Å²) in [6.07, 6.45) is 0. The molecule has 1 amide bonds. The number of nitrogens with zero attached hydrogens (tertiary/aromatic N) is 2. The third kappa shape index (κ3) is 4.44. The van der Waals surface area contributed by atoms with Gasteiger partial charge in [0.15, 0.2) is 12.4 Å². The Morgan fingerprint density at radius 2 is 1.81 bits per heavy atom. The molecule has 0 aliphatic heterocycles. The molecule has 1 N–H and O–H groups in total. The predicted molar refractivity (Wildman–Crippen MR) is 91.6 cm³/mol. The van der Waals surface area contributed by atoms with Crippen LogP contribution >= 0.6 is 0 Å². The minimum absolute atomic E-state index is 0.0270. The Morgan fingerprint density at radius 3 is 2.42 bits per heavy atom. The van der Waals surface area contributed by atoms with Crippen LogP contribution in [0.5, 0.6) is 11.5 Å². The molecule has 0 saturated heterocycles. The first-order valence-electron chi connectivity index (χ1n) is 7.32. The van der Waals surface area contributed by atoms with Gasteiger partial charge in [0.25, 0.3) is 11.6 Å². The van der Waals surface area contributed by atoms with Crippen molar-refractivity contribution in [1.29, 1.82) is 0 Å². The molecular weight excluding hydrogens is 346 g/mol. The van der Waals surface area contributed by atoms with Gasteiger partial charge in [0.1, 0.15) is 5.75 Å². The van der Waals surface area contributed by atoms with E-state index < -0.39 is 22.4 Å². The molecule has 0 aliphatic carbocycles. The second kappa shape index (κ2) is 7.92. The van der Waals surface area contributed by atoms with Crippen LogP contribution in [0.2, 0.25) is 0 Å². The highest BCUT2D eigenvalue weighted by Crippen LogP contribution is 2.30. The van der Waals surface area contributed by atoms with Crippen molar-refractivity contribution in [3.8, 4) is 11.5 Å². The Bertz CT molecular complexity index is 867. The van der Waals surface area contributed by atoms with Crippen LogP contribution in [0, 0.1) is 27.2 Å². The molecule has 0 fully saturated rings. The maximum absolute atomic E-state index is 12.0. The van der Waals surface area contributed by atoms with E-state index in [0.717, 1.165) is 5.56 Å². The zero-order valence-electron chi connectivity index (χ0n) is 13.9. The third-order valence-corrected chi connectivity index (χ3v) is 3.34. The number of hydrogen-bond acceptors (Lipinski definition) is 7. The van der Waals surface area contributed by atoms with Gasteiger partial charge in [-0.05, 0) is 24.6 Å². The molecule has 0 bridgehead atoms. The Balaban J connectivity index is 2.09. The number of anilines is 1. The van der Waals surface area contributed by atoms with Crippen LogP contribution in [0.4, 0.5) is 17.1 Å². The first-order chi connectivity index (χ1) is 12.3. The number of nitro benzene ring substituents is 2. The fourth-order valence-electron chi connectivity index (χ4n) is 2.11. The molecule has 0 spiro atoms. The molecule has 2 rings (SSSR count). The average molecular weight is 361 g/mol. The summed E-state index contributed by atoms with van der Waals surface area (Å²) in [5.74, 6) is -0.525. The van der Waals surface area contributed by atoms with Crippen LogP contribution in [-0.2, 0) is 4.79 Å². The van der Waals surface area contributed by atoms with Crippen LogP contribution < -0.4 is 14.8 Å². The lowest BCUT2D eigenvalue weighted by Crippen LogP contribution is -2.20. The van der Waals surface area contributed by atoms with Gasteiger partial charge in [-0.3, -0.25) is 25.0 Å². The number of hydrogen-bond donors (Lipinski definition) is 1. The number of benzene rings is 2. The highest BCUT2D eigenvalue weighted by molar-refractivity contribution is 5.93. The molecular formula is C16H15N3O7. The van der Waals surface area contributed by atoms with Crippen LogP contribution in [-0.4, -0.2) is 29.5 Å². The lowest BCUT2D eigenvalue weighted by molar-refractivity contribution is -0.385. The van der Waals surface area contributed by atoms with Crippen LogP contribution in [0.3, 0.4) is 0 Å². The number of carbonyl (C=O) groups excluding carboxylic acids is 1. The number of nitrogens with one attached hydrogen (secondary N) is 1. The minimum Gasteiger partial charge on any atom is -0.494 e. The van der Waals surface area contributed by atoms with E-state index in [9.17, 15) is 25.0 Å². The van der Waals surface area contributed by atoms with E-state index in [1.54, 1.807) is 13.0 Å². The number of aryl methyl sites for hydroxylation is 1. The molecule has 0 radical (unpaired) electrons. The summed E-state index contributed by atoms with van der Waals surface area (Å²) in [5, 5.41) is 24.2. The lowest BCUT2D eigenvalue weighted by Gasteiger charge is -2.11. The van der Waals surface area contributed by atoms with Gasteiger partial charge < -0.3 is 14.8 Å². The van der Waals surface area contributed by atoms with Crippen molar-refractivity contribution in [3.63, 3.8) is 0 Å². The van der Waals surface area contributed by atoms with Crippen molar-refractivity contribution in [1.82, 2.24) is 0 Å². The number of nitro groups is 2. The molecule has 10 heteroatoms. The highest BCUT2D eigenvalue weighted by Gasteiger charge is 2.17. The van der Waals surface area contributed by atoms with E-state index in [0.29, 0.717) is 0 Å². The van der Waals surface area contributed by atoms with Gasteiger partial charge in [-0.1, -0.05) is 6.07 Å². The first kappa shape index (κ1) is 18.6. The van der Waals surface area contributed by atoms with Crippen molar-refractivity contribution < 1.29 is 24.1 Å². The number of carbonyl (C=O) groups is 1. The molecule has 2 aromatic carbocycles. The van der Waals surface area contributed by atoms with Gasteiger partial charge in [-0.15, -0.1) is 0 Å².